The van der Waals surface area contributed by atoms with Crippen LogP contribution in [0.1, 0.15) is 0 Å². The number of hydrogen-bond donors (Lipinski definition) is 6. The molecule has 7 heteroatoms. The Morgan fingerprint density at radius 2 is 0.571 bits per heavy atom. The molecule has 7 heavy (non-hydrogen) atoms. The first-order valence-electron chi connectivity index (χ1n) is 1.41. The van der Waals surface area contributed by atoms with Gasteiger partial charge in [0.1, 0.15) is 0 Å². The minimum absolute atomic E-state index is 4.90. The summed E-state index contributed by atoms with van der Waals surface area (Å²) in [5.74, 6) is 0. The van der Waals surface area contributed by atoms with Crippen LogP contribution in [0.15, 0.2) is 0 Å². The van der Waals surface area contributed by atoms with Gasteiger partial charge in [0.05, 0.1) is 0 Å². The molecule has 0 atom stereocenters. The molecule has 0 bridgehead atoms. The summed E-state index contributed by atoms with van der Waals surface area (Å²) in [6, 6.07) is 0. The van der Waals surface area contributed by atoms with E-state index in [2.05, 4.69) is 0 Å². The second-order valence-corrected chi connectivity index (χ2v) is 8.42. The van der Waals surface area contributed by atoms with Crippen molar-refractivity contribution in [2.75, 3.05) is 0 Å². The fourth-order valence-corrected chi connectivity index (χ4v) is 0. The van der Waals surface area contributed by atoms with Crippen molar-refractivity contribution < 1.29 is 12.3 Å². The Bertz CT molecular complexity index is 62.7. The van der Waals surface area contributed by atoms with Gasteiger partial charge in [0.15, 0.2) is 0 Å². The van der Waals surface area contributed by atoms with Gasteiger partial charge in [0.25, 0.3) is 0 Å². The molecule has 0 fully saturated rings. The van der Waals surface area contributed by atoms with Crippen LogP contribution in [-0.2, 0) is 12.3 Å². The van der Waals surface area contributed by atoms with Crippen LogP contribution in [0.4, 0.5) is 0 Å². The predicted octanol–water partition coefficient (Wildman–Crippen LogP) is -3.55. The van der Waals surface area contributed by atoms with E-state index in [0.717, 1.165) is 0 Å². The van der Waals surface area contributed by atoms with Crippen LogP contribution >= 0.6 is 0 Å². The van der Waals surface area contributed by atoms with E-state index in [1.54, 1.807) is 0 Å². The van der Waals surface area contributed by atoms with E-state index in [1.807, 2.05) is 0 Å². The Morgan fingerprint density at radius 3 is 0.571 bits per heavy atom. The first kappa shape index (κ1) is 7.29. The molecule has 0 aromatic rings. The third-order valence-corrected chi connectivity index (χ3v) is 0. The zero-order chi connectivity index (χ0) is 6.41. The van der Waals surface area contributed by atoms with Crippen molar-refractivity contribution in [2.24, 2.45) is 28.3 Å². The molecular weight excluding hydrogens is 136 g/mol. The molecule has 0 spiro atoms. The predicted molar refractivity (Wildman–Crippen MR) is 25.1 cm³/mol. The van der Waals surface area contributed by atoms with E-state index in [1.165, 1.54) is 0 Å². The molecule has 0 aliphatic heterocycles. The molecule has 0 aromatic carbocycles. The van der Waals surface area contributed by atoms with Gasteiger partial charge in [-0.2, -0.15) is 0 Å². The molecule has 48 valence electrons. The summed E-state index contributed by atoms with van der Waals surface area (Å²) in [6.07, 6.45) is 0. The molecule has 0 aliphatic carbocycles. The van der Waals surface area contributed by atoms with Gasteiger partial charge in [-0.15, -0.1) is 0 Å². The quantitative estimate of drug-likeness (QED) is 0.209. The zero-order valence-corrected chi connectivity index (χ0v) is 5.15. The van der Waals surface area contributed by atoms with Crippen molar-refractivity contribution >= 4 is 0 Å². The van der Waals surface area contributed by atoms with Gasteiger partial charge in [-0.05, 0) is 0 Å². The van der Waals surface area contributed by atoms with Gasteiger partial charge in [-0.25, -0.2) is 0 Å². The van der Waals surface area contributed by atoms with Gasteiger partial charge in [0, 0.05) is 0 Å². The summed E-state index contributed by atoms with van der Waals surface area (Å²) < 4.78 is 29.4. The van der Waals surface area contributed by atoms with E-state index in [0.29, 0.717) is 0 Å². The van der Waals surface area contributed by atoms with E-state index in [9.17, 15) is 0 Å². The maximum atomic E-state index is 4.90. The van der Waals surface area contributed by atoms with Crippen molar-refractivity contribution in [1.82, 2.24) is 0 Å². The topological polar surface area (TPSA) is 156 Å². The standard InChI is InChI=1S/Cr.6H2N/h;6*1H2/q+6;6*-1. The SMILES string of the molecule is [NH2][Cr]([NH2])([NH2])([NH2])([NH2])[NH2]. The van der Waals surface area contributed by atoms with Crippen molar-refractivity contribution in [3.8, 4) is 0 Å². The molecule has 0 rings (SSSR count). The fraction of sp³-hybridized carbons (Fsp3) is 0. The average Bonchev–Trinajstić information content (AvgIpc) is 0.592. The van der Waals surface area contributed by atoms with E-state index in [4.69, 9.17) is 28.3 Å². The van der Waals surface area contributed by atoms with Crippen LogP contribution in [0.2, 0.25) is 0 Å². The molecule has 0 amide bonds. The Labute approximate surface area is 41.4 Å². The van der Waals surface area contributed by atoms with Crippen LogP contribution in [-0.4, -0.2) is 0 Å². The zero-order valence-electron chi connectivity index (χ0n) is 3.87. The van der Waals surface area contributed by atoms with E-state index >= 15 is 0 Å². The Hall–Kier alpha value is 0.292. The monoisotopic (exact) mass is 148 g/mol. The van der Waals surface area contributed by atoms with Gasteiger partial charge >= 0.3 is 40.6 Å². The van der Waals surface area contributed by atoms with Crippen LogP contribution in [0.25, 0.3) is 0 Å². The van der Waals surface area contributed by atoms with Crippen molar-refractivity contribution in [1.29, 1.82) is 0 Å². The normalized spacial score (nSPS) is 23.1. The molecule has 0 saturated carbocycles. The third-order valence-electron chi connectivity index (χ3n) is 0. The van der Waals surface area contributed by atoms with Gasteiger partial charge < -0.3 is 0 Å². The molecule has 0 radical (unpaired) electrons. The Morgan fingerprint density at radius 1 is 0.571 bits per heavy atom. The summed E-state index contributed by atoms with van der Waals surface area (Å²) in [6.45, 7) is 0. The molecule has 12 N–H and O–H groups in total. The molecule has 6 nitrogen and oxygen atoms in total. The third kappa shape index (κ3) is 1360. The Balaban J connectivity index is 4.43. The average molecular weight is 148 g/mol. The van der Waals surface area contributed by atoms with Gasteiger partial charge in [-0.3, -0.25) is 0 Å². The van der Waals surface area contributed by atoms with Crippen LogP contribution < -0.4 is 28.3 Å². The molecule has 0 saturated heterocycles. The van der Waals surface area contributed by atoms with Gasteiger partial charge in [-0.1, -0.05) is 0 Å². The first-order valence-corrected chi connectivity index (χ1v) is 5.83. The van der Waals surface area contributed by atoms with Crippen LogP contribution in [0, 0.1) is 0 Å². The molecule has 0 heterocycles. The second kappa shape index (κ2) is 0.754. The van der Waals surface area contributed by atoms with Gasteiger partial charge in [0.2, 0.25) is 0 Å². The van der Waals surface area contributed by atoms with Crippen LogP contribution in [0.5, 0.6) is 0 Å². The number of rotatable bonds is 0. The van der Waals surface area contributed by atoms with Crippen molar-refractivity contribution in [3.05, 3.63) is 0 Å². The number of hydrogen-bond acceptors (Lipinski definition) is 6. The van der Waals surface area contributed by atoms with Crippen molar-refractivity contribution in [3.63, 3.8) is 0 Å². The van der Waals surface area contributed by atoms with Crippen LogP contribution in [0.3, 0.4) is 0 Å². The second-order valence-electron chi connectivity index (χ2n) is 2.04. The summed E-state index contributed by atoms with van der Waals surface area (Å²) in [5.41, 5.74) is 0. The first-order chi connectivity index (χ1) is 2.45. The summed E-state index contributed by atoms with van der Waals surface area (Å²) in [5, 5.41) is 0. The Kier molecular flexibility index (Phi) is 0.785. The summed E-state index contributed by atoms with van der Waals surface area (Å²) >= 11 is -4.96. The van der Waals surface area contributed by atoms with Crippen molar-refractivity contribution in [2.45, 2.75) is 0 Å². The summed E-state index contributed by atoms with van der Waals surface area (Å²) in [4.78, 5) is 0. The molecule has 0 aliphatic rings. The maximum absolute atomic E-state index is 4.96. The fourth-order valence-electron chi connectivity index (χ4n) is 0. The molecule has 0 unspecified atom stereocenters. The summed E-state index contributed by atoms with van der Waals surface area (Å²) in [7, 11) is 0. The number of nitrogens with two attached hydrogens (primary N) is 6. The molecule has 0 aromatic heterocycles. The molecular formula is H12CrN6. The van der Waals surface area contributed by atoms with E-state index < -0.39 is 12.3 Å². The van der Waals surface area contributed by atoms with E-state index in [-0.39, 0.29) is 0 Å². The minimum atomic E-state index is -4.96.